The van der Waals surface area contributed by atoms with Gasteiger partial charge in [0, 0.05) is 0 Å². The number of aliphatic carboxylic acids is 1. The van der Waals surface area contributed by atoms with Gasteiger partial charge in [-0.2, -0.15) is 0 Å². The van der Waals surface area contributed by atoms with Gasteiger partial charge in [-0.05, 0) is 18.4 Å². The Hall–Kier alpha value is -1.49. The van der Waals surface area contributed by atoms with Gasteiger partial charge < -0.3 is 10.8 Å². The zero-order valence-corrected chi connectivity index (χ0v) is 13.4. The van der Waals surface area contributed by atoms with Crippen LogP contribution in [0.3, 0.4) is 0 Å². The molecule has 0 unspecified atom stereocenters. The van der Waals surface area contributed by atoms with E-state index in [0.717, 1.165) is 12.8 Å². The van der Waals surface area contributed by atoms with Crippen molar-refractivity contribution in [1.29, 1.82) is 0 Å². The van der Waals surface area contributed by atoms with E-state index in [2.05, 4.69) is 0 Å². The molecule has 5 heteroatoms. The summed E-state index contributed by atoms with van der Waals surface area (Å²) >= 11 is 1.17. The predicted molar refractivity (Wildman–Crippen MR) is 86.1 cm³/mol. The van der Waals surface area contributed by atoms with Crippen molar-refractivity contribution >= 4 is 23.6 Å². The van der Waals surface area contributed by atoms with E-state index >= 15 is 0 Å². The molecule has 1 amide bonds. The number of unbranched alkanes of at least 4 members (excludes halogenated alkanes) is 1. The fraction of sp³-hybridized carbons (Fsp3) is 0.500. The van der Waals surface area contributed by atoms with Crippen LogP contribution in [0.5, 0.6) is 0 Å². The molecule has 0 spiro atoms. The number of nitrogens with two attached hydrogens (primary N) is 1. The van der Waals surface area contributed by atoms with Crippen LogP contribution < -0.4 is 5.73 Å². The van der Waals surface area contributed by atoms with Crippen molar-refractivity contribution in [2.24, 2.45) is 5.73 Å². The number of carboxylic acids is 1. The standard InChI is InChI=1S/C16H23NO3S/c1-3-5-11-13(14(17)18)21-16(4-2,15(19)20)12-9-7-6-8-10-12/h6-10,13H,3-5,11H2,1-2H3,(H2,17,18)(H,19,20)/t13-,16-/m1/s1. The van der Waals surface area contributed by atoms with E-state index in [4.69, 9.17) is 5.73 Å². The van der Waals surface area contributed by atoms with Crippen molar-refractivity contribution in [3.63, 3.8) is 0 Å². The van der Waals surface area contributed by atoms with Gasteiger partial charge in [-0.15, -0.1) is 11.8 Å². The minimum absolute atomic E-state index is 0.396. The first-order valence-corrected chi connectivity index (χ1v) is 8.12. The maximum atomic E-state index is 11.9. The normalized spacial score (nSPS) is 15.1. The molecule has 0 saturated carbocycles. The molecule has 0 saturated heterocycles. The van der Waals surface area contributed by atoms with Crippen LogP contribution in [0.2, 0.25) is 0 Å². The van der Waals surface area contributed by atoms with E-state index in [1.807, 2.05) is 32.0 Å². The van der Waals surface area contributed by atoms with E-state index in [1.54, 1.807) is 12.1 Å². The average Bonchev–Trinajstić information content (AvgIpc) is 2.48. The Morgan fingerprint density at radius 2 is 1.90 bits per heavy atom. The zero-order chi connectivity index (χ0) is 15.9. The average molecular weight is 309 g/mol. The van der Waals surface area contributed by atoms with Crippen molar-refractivity contribution in [2.75, 3.05) is 0 Å². The third-order valence-electron chi connectivity index (χ3n) is 3.56. The molecule has 21 heavy (non-hydrogen) atoms. The van der Waals surface area contributed by atoms with E-state index in [9.17, 15) is 14.7 Å². The zero-order valence-electron chi connectivity index (χ0n) is 12.5. The van der Waals surface area contributed by atoms with Crippen molar-refractivity contribution in [3.8, 4) is 0 Å². The van der Waals surface area contributed by atoms with Gasteiger partial charge in [-0.1, -0.05) is 57.0 Å². The number of thioether (sulfide) groups is 1. The maximum Gasteiger partial charge on any atom is 0.324 e. The first-order chi connectivity index (χ1) is 9.97. The highest BCUT2D eigenvalue weighted by atomic mass is 32.2. The molecule has 2 atom stereocenters. The van der Waals surface area contributed by atoms with E-state index in [0.29, 0.717) is 18.4 Å². The number of rotatable bonds is 9. The van der Waals surface area contributed by atoms with Crippen LogP contribution >= 0.6 is 11.8 Å². The highest BCUT2D eigenvalue weighted by Crippen LogP contribution is 2.43. The topological polar surface area (TPSA) is 80.4 Å². The molecule has 0 aliphatic carbocycles. The van der Waals surface area contributed by atoms with Crippen molar-refractivity contribution in [1.82, 2.24) is 0 Å². The molecule has 4 nitrogen and oxygen atoms in total. The molecule has 0 aliphatic rings. The Labute approximate surface area is 130 Å². The summed E-state index contributed by atoms with van der Waals surface area (Å²) < 4.78 is -1.13. The second kappa shape index (κ2) is 8.08. The fourth-order valence-corrected chi connectivity index (χ4v) is 3.71. The van der Waals surface area contributed by atoms with E-state index in [1.165, 1.54) is 11.8 Å². The highest BCUT2D eigenvalue weighted by Gasteiger charge is 2.42. The first kappa shape index (κ1) is 17.6. The van der Waals surface area contributed by atoms with Gasteiger partial charge in [0.1, 0.15) is 4.75 Å². The molecule has 1 aromatic rings. The third-order valence-corrected chi connectivity index (χ3v) is 5.42. The van der Waals surface area contributed by atoms with Crippen molar-refractivity contribution in [3.05, 3.63) is 35.9 Å². The molecular weight excluding hydrogens is 286 g/mol. The fourth-order valence-electron chi connectivity index (χ4n) is 2.28. The van der Waals surface area contributed by atoms with Crippen LogP contribution in [0.4, 0.5) is 0 Å². The second-order valence-corrected chi connectivity index (χ2v) is 6.50. The van der Waals surface area contributed by atoms with Gasteiger partial charge in [-0.3, -0.25) is 9.59 Å². The van der Waals surface area contributed by atoms with Gasteiger partial charge in [-0.25, -0.2) is 0 Å². The van der Waals surface area contributed by atoms with Gasteiger partial charge in [0.05, 0.1) is 5.25 Å². The van der Waals surface area contributed by atoms with Crippen molar-refractivity contribution < 1.29 is 14.7 Å². The summed E-state index contributed by atoms with van der Waals surface area (Å²) in [5.74, 6) is -1.37. The summed E-state index contributed by atoms with van der Waals surface area (Å²) in [6.45, 7) is 3.86. The van der Waals surface area contributed by atoms with Gasteiger partial charge in [0.15, 0.2) is 0 Å². The summed E-state index contributed by atoms with van der Waals surface area (Å²) in [5.41, 5.74) is 6.17. The van der Waals surface area contributed by atoms with E-state index < -0.39 is 21.9 Å². The number of benzene rings is 1. The van der Waals surface area contributed by atoms with Gasteiger partial charge in [0.2, 0.25) is 5.91 Å². The SMILES string of the molecule is CCCC[C@@H](S[C@@](CC)(C(=O)O)c1ccccc1)C(N)=O. The van der Waals surface area contributed by atoms with Crippen LogP contribution in [0.15, 0.2) is 30.3 Å². The van der Waals surface area contributed by atoms with Gasteiger partial charge >= 0.3 is 5.97 Å². The van der Waals surface area contributed by atoms with E-state index in [-0.39, 0.29) is 0 Å². The monoisotopic (exact) mass is 309 g/mol. The Kier molecular flexibility index (Phi) is 6.75. The number of carbonyl (C=O) groups is 2. The maximum absolute atomic E-state index is 11.9. The Bertz CT molecular complexity index is 478. The summed E-state index contributed by atoms with van der Waals surface area (Å²) in [6, 6.07) is 9.06. The second-order valence-electron chi connectivity index (χ2n) is 5.00. The molecular formula is C16H23NO3S. The predicted octanol–water partition coefficient (Wildman–Crippen LogP) is 3.15. The highest BCUT2D eigenvalue weighted by molar-refractivity contribution is 8.02. The largest absolute Gasteiger partial charge is 0.480 e. The molecule has 116 valence electrons. The van der Waals surface area contributed by atoms with Crippen LogP contribution in [0.25, 0.3) is 0 Å². The summed E-state index contributed by atoms with van der Waals surface area (Å²) in [5, 5.41) is 9.28. The Balaban J connectivity index is 3.13. The number of primary amides is 1. The smallest absolute Gasteiger partial charge is 0.324 e. The van der Waals surface area contributed by atoms with Crippen LogP contribution in [0, 0.1) is 0 Å². The Morgan fingerprint density at radius 1 is 1.29 bits per heavy atom. The molecule has 1 aromatic carbocycles. The molecule has 3 N–H and O–H groups in total. The molecule has 0 fully saturated rings. The molecule has 0 radical (unpaired) electrons. The molecule has 0 aliphatic heterocycles. The number of hydrogen-bond acceptors (Lipinski definition) is 3. The molecule has 1 rings (SSSR count). The van der Waals surface area contributed by atoms with Crippen LogP contribution in [0.1, 0.15) is 45.1 Å². The lowest BCUT2D eigenvalue weighted by Crippen LogP contribution is -2.37. The lowest BCUT2D eigenvalue weighted by atomic mass is 9.95. The third kappa shape index (κ3) is 4.24. The summed E-state index contributed by atoms with van der Waals surface area (Å²) in [6.07, 6.45) is 2.81. The first-order valence-electron chi connectivity index (χ1n) is 7.24. The van der Waals surface area contributed by atoms with Crippen molar-refractivity contribution in [2.45, 2.75) is 49.5 Å². The number of carbonyl (C=O) groups excluding carboxylic acids is 1. The minimum Gasteiger partial charge on any atom is -0.480 e. The quantitative estimate of drug-likeness (QED) is 0.734. The number of carboxylic acid groups (broad SMARTS) is 1. The lowest BCUT2D eigenvalue weighted by molar-refractivity contribution is -0.140. The van der Waals surface area contributed by atoms with Gasteiger partial charge in [0.25, 0.3) is 0 Å². The minimum atomic E-state index is -1.13. The number of amides is 1. The Morgan fingerprint density at radius 3 is 2.33 bits per heavy atom. The molecule has 0 heterocycles. The van der Waals surface area contributed by atoms with Crippen LogP contribution in [-0.4, -0.2) is 22.2 Å². The lowest BCUT2D eigenvalue weighted by Gasteiger charge is -2.31. The molecule has 0 bridgehead atoms. The molecule has 0 aromatic heterocycles. The van der Waals surface area contributed by atoms with Crippen LogP contribution in [-0.2, 0) is 14.3 Å². The summed E-state index contributed by atoms with van der Waals surface area (Å²) in [7, 11) is 0. The summed E-state index contributed by atoms with van der Waals surface area (Å²) in [4.78, 5) is 23.6. The number of hydrogen-bond donors (Lipinski definition) is 2.